The van der Waals surface area contributed by atoms with E-state index in [0.29, 0.717) is 26.6 Å². The minimum atomic E-state index is -3.78. The first-order valence-corrected chi connectivity index (χ1v) is 8.22. The van der Waals surface area contributed by atoms with Gasteiger partial charge in [-0.15, -0.1) is 0 Å². The number of sulfonamides is 1. The molecule has 0 amide bonds. The highest BCUT2D eigenvalue weighted by Gasteiger charge is 2.24. The van der Waals surface area contributed by atoms with Crippen LogP contribution in [-0.4, -0.2) is 18.6 Å². The van der Waals surface area contributed by atoms with Crippen LogP contribution in [0.25, 0.3) is 0 Å². The summed E-state index contributed by atoms with van der Waals surface area (Å²) < 4.78 is 27.9. The second-order valence-corrected chi connectivity index (χ2v) is 6.97. The molecule has 2 rings (SSSR count). The van der Waals surface area contributed by atoms with Crippen LogP contribution >= 0.6 is 27.5 Å². The molecule has 0 aliphatic heterocycles. The summed E-state index contributed by atoms with van der Waals surface area (Å²) in [5.41, 5.74) is 6.61. The summed E-state index contributed by atoms with van der Waals surface area (Å²) in [6, 6.07) is 4.77. The van der Waals surface area contributed by atoms with Crippen LogP contribution in [0, 0.1) is 6.92 Å². The smallest absolute Gasteiger partial charge is 0.265 e. The number of hydrogen-bond acceptors (Lipinski definition) is 4. The van der Waals surface area contributed by atoms with Crippen molar-refractivity contribution in [1.82, 2.24) is 10.2 Å². The van der Waals surface area contributed by atoms with Crippen molar-refractivity contribution in [2.75, 3.05) is 4.72 Å². The van der Waals surface area contributed by atoms with Gasteiger partial charge in [-0.25, -0.2) is 8.42 Å². The molecule has 0 saturated heterocycles. The van der Waals surface area contributed by atoms with Crippen LogP contribution in [0.2, 0.25) is 5.02 Å². The molecular weight excluding hydrogens is 368 g/mol. The van der Waals surface area contributed by atoms with Gasteiger partial charge in [0.2, 0.25) is 0 Å². The molecule has 0 fully saturated rings. The predicted molar refractivity (Wildman–Crippen MR) is 81.2 cm³/mol. The monoisotopic (exact) mass is 378 g/mol. The molecule has 4 N–H and O–H groups in total. The van der Waals surface area contributed by atoms with Crippen LogP contribution in [-0.2, 0) is 16.6 Å². The molecule has 0 aliphatic rings. The Morgan fingerprint density at radius 2 is 2.20 bits per heavy atom. The number of anilines is 1. The summed E-state index contributed by atoms with van der Waals surface area (Å²) in [6.45, 7) is 1.65. The normalized spacial score (nSPS) is 11.6. The number of benzene rings is 1. The van der Waals surface area contributed by atoms with Gasteiger partial charge in [-0.05, 0) is 41.1 Å². The first-order chi connectivity index (χ1) is 9.35. The summed E-state index contributed by atoms with van der Waals surface area (Å²) in [5.74, 6) is 0. The maximum Gasteiger partial charge on any atom is 0.265 e. The molecule has 6 nitrogen and oxygen atoms in total. The number of rotatable bonds is 4. The van der Waals surface area contributed by atoms with Gasteiger partial charge in [-0.1, -0.05) is 11.6 Å². The molecule has 0 unspecified atom stereocenters. The lowest BCUT2D eigenvalue weighted by molar-refractivity contribution is 0.599. The molecule has 108 valence electrons. The van der Waals surface area contributed by atoms with E-state index in [1.165, 1.54) is 0 Å². The second kappa shape index (κ2) is 5.72. The fraction of sp³-hybridized carbons (Fsp3) is 0.182. The summed E-state index contributed by atoms with van der Waals surface area (Å²) in [4.78, 5) is 0.0712. The average Bonchev–Trinajstić information content (AvgIpc) is 2.75. The molecule has 0 radical (unpaired) electrons. The zero-order valence-corrected chi connectivity index (χ0v) is 13.6. The standard InChI is InChI=1S/C11H12BrClN4O2S/c1-6-11(10(5-14)16-15-6)20(18,19)17-9-3-2-7(13)4-8(9)12/h2-4,17H,5,14H2,1H3,(H,15,16). The Morgan fingerprint density at radius 1 is 1.50 bits per heavy atom. The number of halogens is 2. The van der Waals surface area contributed by atoms with Gasteiger partial charge in [0.15, 0.2) is 0 Å². The molecule has 0 bridgehead atoms. The van der Waals surface area contributed by atoms with E-state index in [4.69, 9.17) is 17.3 Å². The minimum Gasteiger partial charge on any atom is -0.325 e. The van der Waals surface area contributed by atoms with E-state index >= 15 is 0 Å². The molecule has 2 aromatic rings. The quantitative estimate of drug-likeness (QED) is 0.759. The van der Waals surface area contributed by atoms with Gasteiger partial charge < -0.3 is 5.73 Å². The highest BCUT2D eigenvalue weighted by Crippen LogP contribution is 2.29. The van der Waals surface area contributed by atoms with E-state index in [2.05, 4.69) is 30.8 Å². The maximum absolute atomic E-state index is 12.4. The molecular formula is C11H12BrClN4O2S. The fourth-order valence-corrected chi connectivity index (χ4v) is 4.10. The number of aromatic nitrogens is 2. The summed E-state index contributed by atoms with van der Waals surface area (Å²) in [5, 5.41) is 7.00. The van der Waals surface area contributed by atoms with Crippen LogP contribution in [0.3, 0.4) is 0 Å². The van der Waals surface area contributed by atoms with E-state index in [1.807, 2.05) is 0 Å². The van der Waals surface area contributed by atoms with Gasteiger partial charge in [0.1, 0.15) is 4.90 Å². The topological polar surface area (TPSA) is 101 Å². The largest absolute Gasteiger partial charge is 0.325 e. The number of H-pyrrole nitrogens is 1. The van der Waals surface area contributed by atoms with Gasteiger partial charge in [-0.2, -0.15) is 5.10 Å². The van der Waals surface area contributed by atoms with Crippen LogP contribution in [0.4, 0.5) is 5.69 Å². The second-order valence-electron chi connectivity index (χ2n) is 4.06. The minimum absolute atomic E-state index is 0.0301. The molecule has 0 saturated carbocycles. The number of nitrogens with one attached hydrogen (secondary N) is 2. The average molecular weight is 380 g/mol. The Morgan fingerprint density at radius 3 is 2.80 bits per heavy atom. The lowest BCUT2D eigenvalue weighted by Crippen LogP contribution is -2.16. The van der Waals surface area contributed by atoms with Gasteiger partial charge in [0, 0.05) is 16.0 Å². The lowest BCUT2D eigenvalue weighted by Gasteiger charge is -2.10. The summed E-state index contributed by atoms with van der Waals surface area (Å²) in [7, 11) is -3.78. The van der Waals surface area contributed by atoms with Crippen LogP contribution in [0.1, 0.15) is 11.4 Å². The molecule has 0 atom stereocenters. The van der Waals surface area contributed by atoms with Crippen molar-refractivity contribution < 1.29 is 8.42 Å². The fourth-order valence-electron chi connectivity index (χ4n) is 1.73. The Hall–Kier alpha value is -1.09. The summed E-state index contributed by atoms with van der Waals surface area (Å²) >= 11 is 9.08. The Balaban J connectivity index is 2.43. The first kappa shape index (κ1) is 15.3. The molecule has 0 spiro atoms. The zero-order valence-electron chi connectivity index (χ0n) is 10.4. The van der Waals surface area contributed by atoms with Crippen molar-refractivity contribution >= 4 is 43.2 Å². The van der Waals surface area contributed by atoms with Gasteiger partial charge in [0.25, 0.3) is 10.0 Å². The Labute approximate surface area is 129 Å². The number of nitrogens with two attached hydrogens (primary N) is 1. The third kappa shape index (κ3) is 2.98. The SMILES string of the molecule is Cc1[nH]nc(CN)c1S(=O)(=O)Nc1ccc(Cl)cc1Br. The van der Waals surface area contributed by atoms with Crippen molar-refractivity contribution in [3.8, 4) is 0 Å². The Bertz CT molecular complexity index is 745. The zero-order chi connectivity index (χ0) is 14.9. The lowest BCUT2D eigenvalue weighted by atomic mass is 10.3. The number of aryl methyl sites for hydroxylation is 1. The van der Waals surface area contributed by atoms with Crippen LogP contribution in [0.15, 0.2) is 27.6 Å². The van der Waals surface area contributed by atoms with Gasteiger partial charge in [0.05, 0.1) is 17.1 Å². The van der Waals surface area contributed by atoms with E-state index < -0.39 is 10.0 Å². The highest BCUT2D eigenvalue weighted by molar-refractivity contribution is 9.10. The number of hydrogen-bond donors (Lipinski definition) is 3. The summed E-state index contributed by atoms with van der Waals surface area (Å²) in [6.07, 6.45) is 0. The van der Waals surface area contributed by atoms with Crippen molar-refractivity contribution in [2.24, 2.45) is 5.73 Å². The van der Waals surface area contributed by atoms with Crippen molar-refractivity contribution in [2.45, 2.75) is 18.4 Å². The first-order valence-electron chi connectivity index (χ1n) is 5.57. The molecule has 9 heteroatoms. The van der Waals surface area contributed by atoms with Crippen LogP contribution in [0.5, 0.6) is 0 Å². The van der Waals surface area contributed by atoms with Crippen molar-refractivity contribution in [1.29, 1.82) is 0 Å². The van der Waals surface area contributed by atoms with E-state index in [0.717, 1.165) is 0 Å². The maximum atomic E-state index is 12.4. The van der Waals surface area contributed by atoms with Gasteiger partial charge >= 0.3 is 0 Å². The van der Waals surface area contributed by atoms with Crippen molar-refractivity contribution in [3.63, 3.8) is 0 Å². The van der Waals surface area contributed by atoms with Gasteiger partial charge in [-0.3, -0.25) is 9.82 Å². The highest BCUT2D eigenvalue weighted by atomic mass is 79.9. The number of nitrogens with zero attached hydrogens (tertiary/aromatic N) is 1. The third-order valence-electron chi connectivity index (χ3n) is 2.60. The van der Waals surface area contributed by atoms with Crippen LogP contribution < -0.4 is 10.5 Å². The molecule has 1 heterocycles. The molecule has 0 aliphatic carbocycles. The molecule has 20 heavy (non-hydrogen) atoms. The molecule has 1 aromatic carbocycles. The van der Waals surface area contributed by atoms with E-state index in [-0.39, 0.29) is 11.4 Å². The van der Waals surface area contributed by atoms with E-state index in [1.54, 1.807) is 25.1 Å². The number of aromatic amines is 1. The predicted octanol–water partition coefficient (Wildman–Crippen LogP) is 2.39. The van der Waals surface area contributed by atoms with E-state index in [9.17, 15) is 8.42 Å². The van der Waals surface area contributed by atoms with Crippen molar-refractivity contribution in [3.05, 3.63) is 39.1 Å². The Kier molecular flexibility index (Phi) is 4.38. The molecule has 1 aromatic heterocycles. The third-order valence-corrected chi connectivity index (χ3v) is 5.06.